The lowest BCUT2D eigenvalue weighted by Crippen LogP contribution is -2.37. The smallest absolute Gasteiger partial charge is 0.253 e. The number of carbonyl (C=O) groups is 2. The number of aryl methyl sites for hydroxylation is 2. The summed E-state index contributed by atoms with van der Waals surface area (Å²) in [5.41, 5.74) is 2.66. The van der Waals surface area contributed by atoms with Crippen molar-refractivity contribution in [2.75, 3.05) is 32.7 Å². The molecule has 1 saturated heterocycles. The normalized spacial score (nSPS) is 14.8. The molecule has 1 fully saturated rings. The van der Waals surface area contributed by atoms with E-state index in [2.05, 4.69) is 37.2 Å². The number of fused-ring (bicyclic) bond motifs is 1. The van der Waals surface area contributed by atoms with Gasteiger partial charge in [0.25, 0.3) is 5.91 Å². The highest BCUT2D eigenvalue weighted by atomic mass is 16.2. The Morgan fingerprint density at radius 1 is 1.00 bits per heavy atom. The number of nitrogens with zero attached hydrogens (tertiary/aromatic N) is 4. The molecule has 0 N–H and O–H groups in total. The van der Waals surface area contributed by atoms with E-state index in [0.29, 0.717) is 31.1 Å². The minimum atomic E-state index is 0.0954. The highest BCUT2D eigenvalue weighted by Gasteiger charge is 2.20. The molecule has 1 aliphatic heterocycles. The predicted octanol–water partition coefficient (Wildman–Crippen LogP) is 5.58. The molecule has 194 valence electrons. The third-order valence-electron chi connectivity index (χ3n) is 6.86. The quantitative estimate of drug-likeness (QED) is 0.374. The minimum absolute atomic E-state index is 0.0954. The van der Waals surface area contributed by atoms with Crippen molar-refractivity contribution >= 4 is 22.7 Å². The van der Waals surface area contributed by atoms with Crippen molar-refractivity contribution < 1.29 is 9.59 Å². The second-order valence-electron chi connectivity index (χ2n) is 11.0. The molecule has 0 atom stereocenters. The van der Waals surface area contributed by atoms with E-state index in [0.717, 1.165) is 55.0 Å². The summed E-state index contributed by atoms with van der Waals surface area (Å²) in [7, 11) is 0. The highest BCUT2D eigenvalue weighted by molar-refractivity contribution is 5.97. The van der Waals surface area contributed by atoms with Crippen molar-refractivity contribution in [2.24, 2.45) is 11.8 Å². The molecule has 1 aromatic heterocycles. The molecule has 0 saturated carbocycles. The number of hydrogen-bond acceptors (Lipinski definition) is 4. The van der Waals surface area contributed by atoms with Crippen molar-refractivity contribution in [3.8, 4) is 0 Å². The fraction of sp³-hybridized carbons (Fsp3) is 0.690. The van der Waals surface area contributed by atoms with Gasteiger partial charge in [-0.1, -0.05) is 41.0 Å². The van der Waals surface area contributed by atoms with Gasteiger partial charge in [0.2, 0.25) is 0 Å². The standard InChI is InChI=1S/C29H46N4O2/c1-6-25(34)12-14-28-30-26-13-11-24(29(35)32(20-22(2)3)21-23(4)5)19-27(26)33(28)18-10-17-31-15-8-7-9-16-31/h11,13,19,22-23H,6-10,12,14-18,20-21H2,1-5H3. The van der Waals surface area contributed by atoms with E-state index >= 15 is 0 Å². The summed E-state index contributed by atoms with van der Waals surface area (Å²) < 4.78 is 2.27. The summed E-state index contributed by atoms with van der Waals surface area (Å²) >= 11 is 0. The van der Waals surface area contributed by atoms with Gasteiger partial charge in [-0.05, 0) is 68.9 Å². The van der Waals surface area contributed by atoms with Crippen LogP contribution in [0, 0.1) is 11.8 Å². The number of piperidine rings is 1. The van der Waals surface area contributed by atoms with E-state index in [1.54, 1.807) is 0 Å². The van der Waals surface area contributed by atoms with Gasteiger partial charge in [0, 0.05) is 44.5 Å². The Hall–Kier alpha value is -2.21. The van der Waals surface area contributed by atoms with Gasteiger partial charge < -0.3 is 14.4 Å². The van der Waals surface area contributed by atoms with E-state index in [1.807, 2.05) is 30.0 Å². The van der Waals surface area contributed by atoms with Gasteiger partial charge in [-0.2, -0.15) is 0 Å². The Balaban J connectivity index is 1.86. The van der Waals surface area contributed by atoms with Crippen molar-refractivity contribution in [1.29, 1.82) is 0 Å². The summed E-state index contributed by atoms with van der Waals surface area (Å²) in [4.78, 5) is 35.0. The second-order valence-corrected chi connectivity index (χ2v) is 11.0. The molecular weight excluding hydrogens is 436 g/mol. The first-order valence-corrected chi connectivity index (χ1v) is 13.8. The van der Waals surface area contributed by atoms with Gasteiger partial charge in [0.15, 0.2) is 0 Å². The third-order valence-corrected chi connectivity index (χ3v) is 6.86. The van der Waals surface area contributed by atoms with Crippen molar-refractivity contribution in [3.05, 3.63) is 29.6 Å². The van der Waals surface area contributed by atoms with Crippen LogP contribution in [-0.4, -0.2) is 63.8 Å². The first-order valence-electron chi connectivity index (χ1n) is 13.8. The monoisotopic (exact) mass is 482 g/mol. The number of Topliss-reactive ketones (excluding diaryl/α,β-unsaturated/α-hetero) is 1. The number of imidazole rings is 1. The average molecular weight is 483 g/mol. The zero-order chi connectivity index (χ0) is 25.4. The molecule has 1 aromatic carbocycles. The molecule has 6 nitrogen and oxygen atoms in total. The summed E-state index contributed by atoms with van der Waals surface area (Å²) in [6.45, 7) is 16.4. The van der Waals surface area contributed by atoms with Gasteiger partial charge in [-0.3, -0.25) is 9.59 Å². The van der Waals surface area contributed by atoms with Crippen LogP contribution in [0.2, 0.25) is 0 Å². The molecule has 1 amide bonds. The van der Waals surface area contributed by atoms with Gasteiger partial charge >= 0.3 is 0 Å². The molecule has 0 spiro atoms. The topological polar surface area (TPSA) is 58.4 Å². The van der Waals surface area contributed by atoms with Gasteiger partial charge in [0.1, 0.15) is 11.6 Å². The number of aromatic nitrogens is 2. The van der Waals surface area contributed by atoms with Crippen LogP contribution in [0.1, 0.15) is 89.3 Å². The molecular formula is C29H46N4O2. The number of likely N-dealkylation sites (tertiary alicyclic amines) is 1. The van der Waals surface area contributed by atoms with Gasteiger partial charge in [-0.15, -0.1) is 0 Å². The average Bonchev–Trinajstić information content (AvgIpc) is 3.18. The summed E-state index contributed by atoms with van der Waals surface area (Å²) in [6.07, 6.45) is 6.73. The van der Waals surface area contributed by atoms with Crippen LogP contribution >= 0.6 is 0 Å². The summed E-state index contributed by atoms with van der Waals surface area (Å²) in [5, 5.41) is 0. The van der Waals surface area contributed by atoms with E-state index in [9.17, 15) is 9.59 Å². The Kier molecular flexibility index (Phi) is 10.3. The first kappa shape index (κ1) is 27.4. The summed E-state index contributed by atoms with van der Waals surface area (Å²) in [6, 6.07) is 5.94. The van der Waals surface area contributed by atoms with E-state index < -0.39 is 0 Å². The van der Waals surface area contributed by atoms with Crippen LogP contribution in [0.25, 0.3) is 11.0 Å². The molecule has 35 heavy (non-hydrogen) atoms. The van der Waals surface area contributed by atoms with Crippen LogP contribution in [-0.2, 0) is 17.8 Å². The largest absolute Gasteiger partial charge is 0.338 e. The lowest BCUT2D eigenvalue weighted by molar-refractivity contribution is -0.118. The first-order chi connectivity index (χ1) is 16.8. The Bertz CT molecular complexity index is 962. The van der Waals surface area contributed by atoms with E-state index in [-0.39, 0.29) is 11.7 Å². The zero-order valence-corrected chi connectivity index (χ0v) is 22.7. The Morgan fingerprint density at radius 2 is 1.69 bits per heavy atom. The molecule has 1 aliphatic rings. The second kappa shape index (κ2) is 13.2. The molecule has 0 aliphatic carbocycles. The molecule has 0 unspecified atom stereocenters. The van der Waals surface area contributed by atoms with Gasteiger partial charge in [-0.25, -0.2) is 4.98 Å². The van der Waals surface area contributed by atoms with Gasteiger partial charge in [0.05, 0.1) is 11.0 Å². The maximum absolute atomic E-state index is 13.5. The Labute approximate surface area is 212 Å². The van der Waals surface area contributed by atoms with Crippen molar-refractivity contribution in [3.63, 3.8) is 0 Å². The highest BCUT2D eigenvalue weighted by Crippen LogP contribution is 2.22. The molecule has 3 rings (SSSR count). The van der Waals surface area contributed by atoms with Crippen LogP contribution in [0.5, 0.6) is 0 Å². The summed E-state index contributed by atoms with van der Waals surface area (Å²) in [5.74, 6) is 2.17. The maximum Gasteiger partial charge on any atom is 0.253 e. The molecule has 0 radical (unpaired) electrons. The van der Waals surface area contributed by atoms with Crippen LogP contribution < -0.4 is 0 Å². The lowest BCUT2D eigenvalue weighted by atomic mass is 10.1. The number of amides is 1. The van der Waals surface area contributed by atoms with Crippen molar-refractivity contribution in [1.82, 2.24) is 19.4 Å². The molecule has 2 heterocycles. The van der Waals surface area contributed by atoms with E-state index in [4.69, 9.17) is 4.98 Å². The fourth-order valence-electron chi connectivity index (χ4n) is 5.11. The zero-order valence-electron chi connectivity index (χ0n) is 22.7. The molecule has 0 bridgehead atoms. The molecule has 2 aromatic rings. The number of hydrogen-bond donors (Lipinski definition) is 0. The predicted molar refractivity (Wildman–Crippen MR) is 144 cm³/mol. The number of ketones is 1. The van der Waals surface area contributed by atoms with Crippen molar-refractivity contribution in [2.45, 2.75) is 86.1 Å². The Morgan fingerprint density at radius 3 is 2.31 bits per heavy atom. The molecule has 6 heteroatoms. The fourth-order valence-corrected chi connectivity index (χ4v) is 5.11. The third kappa shape index (κ3) is 7.89. The number of carbonyl (C=O) groups excluding carboxylic acids is 2. The van der Waals surface area contributed by atoms with Crippen LogP contribution in [0.15, 0.2) is 18.2 Å². The number of benzene rings is 1. The minimum Gasteiger partial charge on any atom is -0.338 e. The SMILES string of the molecule is CCC(=O)CCc1nc2ccc(C(=O)N(CC(C)C)CC(C)C)cc2n1CCCN1CCCCC1. The van der Waals surface area contributed by atoms with Crippen LogP contribution in [0.3, 0.4) is 0 Å². The van der Waals surface area contributed by atoms with E-state index in [1.165, 1.54) is 32.4 Å². The lowest BCUT2D eigenvalue weighted by Gasteiger charge is -2.27. The maximum atomic E-state index is 13.5. The van der Waals surface area contributed by atoms with Crippen LogP contribution in [0.4, 0.5) is 0 Å². The number of rotatable bonds is 13.